The number of nitrogens with zero attached hydrogens (tertiary/aromatic N) is 1. The normalized spacial score (nSPS) is 31.0. The van der Waals surface area contributed by atoms with E-state index in [9.17, 15) is 19.5 Å². The van der Waals surface area contributed by atoms with Gasteiger partial charge >= 0.3 is 12.1 Å². The first-order valence-electron chi connectivity index (χ1n) is 10.6. The third-order valence-corrected chi connectivity index (χ3v) is 6.38. The van der Waals surface area contributed by atoms with Crippen molar-refractivity contribution in [2.75, 3.05) is 6.54 Å². The van der Waals surface area contributed by atoms with Crippen LogP contribution in [0.5, 0.6) is 0 Å². The topological polar surface area (TPSA) is 95.9 Å². The molecule has 1 heterocycles. The number of nitrogens with one attached hydrogen (secondary N) is 1. The number of carbonyl (C=O) groups is 3. The van der Waals surface area contributed by atoms with Crippen LogP contribution in [0.15, 0.2) is 0 Å². The van der Waals surface area contributed by atoms with E-state index in [-0.39, 0.29) is 17.7 Å². The minimum absolute atomic E-state index is 0.0372. The molecule has 2 aliphatic rings. The van der Waals surface area contributed by atoms with E-state index in [4.69, 9.17) is 4.74 Å². The van der Waals surface area contributed by atoms with Gasteiger partial charge in [-0.15, -0.1) is 0 Å². The number of ether oxygens (including phenoxy) is 1. The Labute approximate surface area is 174 Å². The van der Waals surface area contributed by atoms with Gasteiger partial charge in [-0.25, -0.2) is 9.59 Å². The van der Waals surface area contributed by atoms with Crippen molar-refractivity contribution in [2.45, 2.75) is 85.9 Å². The Morgan fingerprint density at radius 2 is 1.59 bits per heavy atom. The van der Waals surface area contributed by atoms with Crippen molar-refractivity contribution in [3.63, 3.8) is 0 Å². The maximum atomic E-state index is 13.5. The first-order valence-corrected chi connectivity index (χ1v) is 10.6. The summed E-state index contributed by atoms with van der Waals surface area (Å²) in [5.41, 5.74) is -1.28. The predicted octanol–water partition coefficient (Wildman–Crippen LogP) is 3.52. The number of hydrogen-bond donors (Lipinski definition) is 2. The van der Waals surface area contributed by atoms with Crippen LogP contribution in [-0.2, 0) is 14.3 Å². The zero-order chi connectivity index (χ0) is 22.3. The molecule has 2 rings (SSSR count). The van der Waals surface area contributed by atoms with Crippen LogP contribution in [0.1, 0.15) is 68.2 Å². The largest absolute Gasteiger partial charge is 0.480 e. The number of amides is 2. The van der Waals surface area contributed by atoms with Crippen LogP contribution in [0.4, 0.5) is 4.79 Å². The van der Waals surface area contributed by atoms with E-state index in [1.54, 1.807) is 20.8 Å². The average molecular weight is 411 g/mol. The van der Waals surface area contributed by atoms with Crippen LogP contribution in [0, 0.1) is 29.1 Å². The van der Waals surface area contributed by atoms with Crippen molar-refractivity contribution in [3.8, 4) is 0 Å². The van der Waals surface area contributed by atoms with Crippen molar-refractivity contribution in [1.29, 1.82) is 0 Å². The highest BCUT2D eigenvalue weighted by atomic mass is 16.6. The summed E-state index contributed by atoms with van der Waals surface area (Å²) in [4.78, 5) is 39.5. The van der Waals surface area contributed by atoms with Gasteiger partial charge in [-0.05, 0) is 62.7 Å². The molecule has 1 saturated carbocycles. The van der Waals surface area contributed by atoms with Gasteiger partial charge in [-0.2, -0.15) is 0 Å². The molecule has 166 valence electrons. The van der Waals surface area contributed by atoms with E-state index >= 15 is 0 Å². The number of aliphatic carboxylic acids is 1. The molecule has 1 aliphatic carbocycles. The number of fused-ring (bicyclic) bond motifs is 1. The van der Waals surface area contributed by atoms with Gasteiger partial charge in [0.2, 0.25) is 5.91 Å². The van der Waals surface area contributed by atoms with Gasteiger partial charge in [0.25, 0.3) is 0 Å². The highest BCUT2D eigenvalue weighted by molar-refractivity contribution is 5.90. The lowest BCUT2D eigenvalue weighted by atomic mass is 9.69. The molecule has 0 aromatic heterocycles. The van der Waals surface area contributed by atoms with Gasteiger partial charge in [0.15, 0.2) is 0 Å². The van der Waals surface area contributed by atoms with Crippen molar-refractivity contribution in [2.24, 2.45) is 29.1 Å². The third kappa shape index (κ3) is 5.43. The van der Waals surface area contributed by atoms with Gasteiger partial charge in [0.05, 0.1) is 0 Å². The van der Waals surface area contributed by atoms with E-state index in [2.05, 4.69) is 19.2 Å². The highest BCUT2D eigenvalue weighted by Crippen LogP contribution is 2.45. The zero-order valence-corrected chi connectivity index (χ0v) is 19.1. The number of carboxylic acids is 1. The second-order valence-corrected chi connectivity index (χ2v) is 11.1. The maximum Gasteiger partial charge on any atom is 0.408 e. The summed E-state index contributed by atoms with van der Waals surface area (Å²) in [5.74, 6) is -0.202. The maximum absolute atomic E-state index is 13.5. The lowest BCUT2D eigenvalue weighted by Gasteiger charge is -2.36. The molecule has 2 unspecified atom stereocenters. The second-order valence-electron chi connectivity index (χ2n) is 11.1. The Balaban J connectivity index is 2.27. The molecule has 0 spiro atoms. The van der Waals surface area contributed by atoms with Gasteiger partial charge in [0.1, 0.15) is 17.7 Å². The molecule has 0 bridgehead atoms. The molecule has 2 N–H and O–H groups in total. The van der Waals surface area contributed by atoms with Crippen molar-refractivity contribution >= 4 is 18.0 Å². The summed E-state index contributed by atoms with van der Waals surface area (Å²) in [6.45, 7) is 15.6. The van der Waals surface area contributed by atoms with Crippen LogP contribution >= 0.6 is 0 Å². The summed E-state index contributed by atoms with van der Waals surface area (Å²) < 4.78 is 5.34. The van der Waals surface area contributed by atoms with E-state index in [0.717, 1.165) is 12.8 Å². The predicted molar refractivity (Wildman–Crippen MR) is 110 cm³/mol. The number of likely N-dealkylation sites (tertiary alicyclic amines) is 1. The average Bonchev–Trinajstić information content (AvgIpc) is 2.88. The summed E-state index contributed by atoms with van der Waals surface area (Å²) in [5, 5.41) is 12.6. The smallest absolute Gasteiger partial charge is 0.408 e. The fourth-order valence-corrected chi connectivity index (χ4v) is 4.72. The Hall–Kier alpha value is -1.79. The lowest BCUT2D eigenvalue weighted by Crippen LogP contribution is -2.57. The molecule has 2 amide bonds. The molecule has 7 nitrogen and oxygen atoms in total. The minimum Gasteiger partial charge on any atom is -0.480 e. The van der Waals surface area contributed by atoms with E-state index in [0.29, 0.717) is 18.4 Å². The molecule has 0 aromatic rings. The van der Waals surface area contributed by atoms with Crippen molar-refractivity contribution < 1.29 is 24.2 Å². The Bertz CT molecular complexity index is 649. The SMILES string of the molecule is CC1C[C@H]2CN(C(=O)[C@@H](NC(=O)OC(C)(C)C)C(C)(C)C)[C@H](C(=O)O)[C@H]2CC1C. The Morgan fingerprint density at radius 1 is 1.03 bits per heavy atom. The van der Waals surface area contributed by atoms with Gasteiger partial charge in [-0.3, -0.25) is 4.79 Å². The molecule has 0 radical (unpaired) electrons. The van der Waals surface area contributed by atoms with Crippen LogP contribution < -0.4 is 5.32 Å². The number of hydrogen-bond acceptors (Lipinski definition) is 4. The molecular formula is C22H38N2O5. The second kappa shape index (κ2) is 8.15. The Kier molecular flexibility index (Phi) is 6.60. The zero-order valence-electron chi connectivity index (χ0n) is 19.1. The van der Waals surface area contributed by atoms with Gasteiger partial charge in [-0.1, -0.05) is 34.6 Å². The summed E-state index contributed by atoms with van der Waals surface area (Å²) >= 11 is 0. The van der Waals surface area contributed by atoms with Crippen molar-refractivity contribution in [1.82, 2.24) is 10.2 Å². The fraction of sp³-hybridized carbons (Fsp3) is 0.864. The molecule has 7 heteroatoms. The third-order valence-electron chi connectivity index (χ3n) is 6.38. The van der Waals surface area contributed by atoms with Crippen LogP contribution in [-0.4, -0.2) is 52.2 Å². The van der Waals surface area contributed by atoms with Crippen LogP contribution in [0.3, 0.4) is 0 Å². The summed E-state index contributed by atoms with van der Waals surface area (Å²) in [7, 11) is 0. The monoisotopic (exact) mass is 410 g/mol. The van der Waals surface area contributed by atoms with E-state index < -0.39 is 35.2 Å². The fourth-order valence-electron chi connectivity index (χ4n) is 4.72. The molecule has 0 aromatic carbocycles. The first kappa shape index (κ1) is 23.5. The van der Waals surface area contributed by atoms with Gasteiger partial charge in [0, 0.05) is 6.54 Å². The lowest BCUT2D eigenvalue weighted by molar-refractivity contribution is -0.151. The first-order chi connectivity index (χ1) is 13.1. The molecule has 1 saturated heterocycles. The Morgan fingerprint density at radius 3 is 2.07 bits per heavy atom. The summed E-state index contributed by atoms with van der Waals surface area (Å²) in [6, 6.07) is -1.71. The van der Waals surface area contributed by atoms with Crippen LogP contribution in [0.25, 0.3) is 0 Å². The quantitative estimate of drug-likeness (QED) is 0.742. The number of alkyl carbamates (subject to hydrolysis) is 1. The van der Waals surface area contributed by atoms with E-state index in [1.807, 2.05) is 20.8 Å². The molecule has 2 fully saturated rings. The molecule has 1 aliphatic heterocycles. The molecular weight excluding hydrogens is 372 g/mol. The molecule has 6 atom stereocenters. The number of carbonyl (C=O) groups excluding carboxylic acids is 2. The van der Waals surface area contributed by atoms with Crippen molar-refractivity contribution in [3.05, 3.63) is 0 Å². The van der Waals surface area contributed by atoms with E-state index in [1.165, 1.54) is 4.90 Å². The number of carboxylic acid groups (broad SMARTS) is 1. The summed E-state index contributed by atoms with van der Waals surface area (Å²) in [6.07, 6.45) is 1.07. The van der Waals surface area contributed by atoms with Gasteiger partial charge < -0.3 is 20.1 Å². The standard InChI is InChI=1S/C22H38N2O5/c1-12-9-14-11-24(16(19(26)27)15(14)10-13(12)2)18(25)17(21(3,4)5)23-20(28)29-22(6,7)8/h12-17H,9-11H2,1-8H3,(H,23,28)(H,26,27)/t12?,13?,14-,15-,16-,17+/m0/s1. The van der Waals surface area contributed by atoms with Crippen LogP contribution in [0.2, 0.25) is 0 Å². The number of rotatable bonds is 3. The molecule has 29 heavy (non-hydrogen) atoms. The minimum atomic E-state index is -0.961. The highest BCUT2D eigenvalue weighted by Gasteiger charge is 2.52.